The maximum atomic E-state index is 12.7. The molecule has 0 N–H and O–H groups in total. The van der Waals surface area contributed by atoms with E-state index in [1.54, 1.807) is 0 Å². The van der Waals surface area contributed by atoms with Gasteiger partial charge in [-0.2, -0.15) is 0 Å². The number of unbranched alkanes of at least 4 members (excludes halogenated alkanes) is 18. The molecule has 0 unspecified atom stereocenters. The van der Waals surface area contributed by atoms with Gasteiger partial charge in [0.05, 0.1) is 0 Å². The van der Waals surface area contributed by atoms with Gasteiger partial charge in [0.25, 0.3) is 0 Å². The Bertz CT molecular complexity index is 1100. The zero-order valence-corrected chi connectivity index (χ0v) is 37.1. The number of esters is 3. The van der Waals surface area contributed by atoms with E-state index in [9.17, 15) is 14.4 Å². The molecule has 0 saturated carbocycles. The highest BCUT2D eigenvalue weighted by molar-refractivity contribution is 5.71. The van der Waals surface area contributed by atoms with Gasteiger partial charge in [-0.1, -0.05) is 184 Å². The van der Waals surface area contributed by atoms with Crippen molar-refractivity contribution in [3.8, 4) is 0 Å². The summed E-state index contributed by atoms with van der Waals surface area (Å²) in [6, 6.07) is 0. The van der Waals surface area contributed by atoms with Gasteiger partial charge in [-0.25, -0.2) is 0 Å². The van der Waals surface area contributed by atoms with Crippen LogP contribution in [0.3, 0.4) is 0 Å². The van der Waals surface area contributed by atoms with Crippen molar-refractivity contribution in [3.63, 3.8) is 0 Å². The number of hydrogen-bond donors (Lipinski definition) is 0. The van der Waals surface area contributed by atoms with Crippen LogP contribution in [0.5, 0.6) is 0 Å². The smallest absolute Gasteiger partial charge is 0.306 e. The van der Waals surface area contributed by atoms with Crippen molar-refractivity contribution in [2.24, 2.45) is 0 Å². The van der Waals surface area contributed by atoms with Crippen LogP contribution in [0.25, 0.3) is 0 Å². The van der Waals surface area contributed by atoms with Gasteiger partial charge in [0.2, 0.25) is 0 Å². The largest absolute Gasteiger partial charge is 0.462 e. The minimum atomic E-state index is -0.789. The van der Waals surface area contributed by atoms with Gasteiger partial charge >= 0.3 is 17.9 Å². The van der Waals surface area contributed by atoms with E-state index in [1.165, 1.54) is 64.2 Å². The number of hydrogen-bond acceptors (Lipinski definition) is 6. The molecule has 0 aliphatic heterocycles. The lowest BCUT2D eigenvalue weighted by Gasteiger charge is -2.18. The van der Waals surface area contributed by atoms with Crippen LogP contribution in [0, 0.1) is 0 Å². The highest BCUT2D eigenvalue weighted by atomic mass is 16.6. The molecular formula is C51H86O6. The molecule has 0 spiro atoms. The van der Waals surface area contributed by atoms with E-state index < -0.39 is 6.10 Å². The Kier molecular flexibility index (Phi) is 43.0. The molecule has 0 rings (SSSR count). The minimum absolute atomic E-state index is 0.0890. The quantitative estimate of drug-likeness (QED) is 0.0265. The van der Waals surface area contributed by atoms with E-state index in [0.29, 0.717) is 19.3 Å². The minimum Gasteiger partial charge on any atom is -0.462 e. The summed E-state index contributed by atoms with van der Waals surface area (Å²) >= 11 is 0. The van der Waals surface area contributed by atoms with Gasteiger partial charge in [0, 0.05) is 19.3 Å². The van der Waals surface area contributed by atoms with Crippen molar-refractivity contribution >= 4 is 17.9 Å². The van der Waals surface area contributed by atoms with Crippen molar-refractivity contribution < 1.29 is 28.6 Å². The van der Waals surface area contributed by atoms with Crippen molar-refractivity contribution in [2.75, 3.05) is 13.2 Å². The Morgan fingerprint density at radius 3 is 1.16 bits per heavy atom. The summed E-state index contributed by atoms with van der Waals surface area (Å²) in [4.78, 5) is 37.7. The van der Waals surface area contributed by atoms with Crippen LogP contribution in [0.4, 0.5) is 0 Å². The summed E-state index contributed by atoms with van der Waals surface area (Å²) in [7, 11) is 0. The predicted octanol–water partition coefficient (Wildman–Crippen LogP) is 15.1. The monoisotopic (exact) mass is 795 g/mol. The third-order valence-corrected chi connectivity index (χ3v) is 9.70. The normalized spacial score (nSPS) is 12.7. The summed E-state index contributed by atoms with van der Waals surface area (Å²) in [6.45, 7) is 6.41. The summed E-state index contributed by atoms with van der Waals surface area (Å²) in [5.74, 6) is -0.940. The van der Waals surface area contributed by atoms with E-state index in [4.69, 9.17) is 14.2 Å². The van der Waals surface area contributed by atoms with Crippen LogP contribution in [-0.2, 0) is 28.6 Å². The second-order valence-corrected chi connectivity index (χ2v) is 15.3. The molecule has 0 aliphatic rings. The van der Waals surface area contributed by atoms with E-state index in [2.05, 4.69) is 93.7 Å². The van der Waals surface area contributed by atoms with Gasteiger partial charge < -0.3 is 14.2 Å². The van der Waals surface area contributed by atoms with E-state index in [1.807, 2.05) is 0 Å². The van der Waals surface area contributed by atoms with E-state index in [0.717, 1.165) is 109 Å². The van der Waals surface area contributed by atoms with Crippen LogP contribution < -0.4 is 0 Å². The molecule has 1 atom stereocenters. The van der Waals surface area contributed by atoms with Gasteiger partial charge in [-0.3, -0.25) is 14.4 Å². The molecule has 6 heteroatoms. The van der Waals surface area contributed by atoms with Crippen molar-refractivity contribution in [1.29, 1.82) is 0 Å². The fourth-order valence-corrected chi connectivity index (χ4v) is 6.15. The number of carbonyl (C=O) groups excluding carboxylic acids is 3. The average Bonchev–Trinajstić information content (AvgIpc) is 3.21. The Morgan fingerprint density at radius 2 is 0.702 bits per heavy atom. The molecule has 0 aliphatic carbocycles. The molecule has 0 radical (unpaired) electrons. The zero-order valence-electron chi connectivity index (χ0n) is 37.1. The van der Waals surface area contributed by atoms with E-state index >= 15 is 0 Å². The number of carbonyl (C=O) groups is 3. The Balaban J connectivity index is 4.39. The lowest BCUT2D eigenvalue weighted by atomic mass is 10.1. The van der Waals surface area contributed by atoms with Gasteiger partial charge in [-0.05, 0) is 83.5 Å². The van der Waals surface area contributed by atoms with Crippen LogP contribution in [0.2, 0.25) is 0 Å². The number of rotatable bonds is 41. The van der Waals surface area contributed by atoms with Crippen LogP contribution in [0.15, 0.2) is 72.9 Å². The fourth-order valence-electron chi connectivity index (χ4n) is 6.15. The molecule has 326 valence electrons. The first-order chi connectivity index (χ1) is 28.0. The van der Waals surface area contributed by atoms with Crippen LogP contribution >= 0.6 is 0 Å². The summed E-state index contributed by atoms with van der Waals surface area (Å²) in [6.07, 6.45) is 56.0. The van der Waals surface area contributed by atoms with Gasteiger partial charge in [0.15, 0.2) is 6.10 Å². The predicted molar refractivity (Wildman–Crippen MR) is 242 cm³/mol. The van der Waals surface area contributed by atoms with Crippen molar-refractivity contribution in [3.05, 3.63) is 72.9 Å². The lowest BCUT2D eigenvalue weighted by molar-refractivity contribution is -0.167. The van der Waals surface area contributed by atoms with E-state index in [-0.39, 0.29) is 31.1 Å². The average molecular weight is 795 g/mol. The Hall–Kier alpha value is -3.15. The second kappa shape index (κ2) is 45.6. The number of ether oxygens (including phenoxy) is 3. The van der Waals surface area contributed by atoms with Crippen molar-refractivity contribution in [2.45, 2.75) is 219 Å². The molecule has 0 aromatic heterocycles. The van der Waals surface area contributed by atoms with Gasteiger partial charge in [-0.15, -0.1) is 0 Å². The first-order valence-electron chi connectivity index (χ1n) is 23.4. The molecule has 0 bridgehead atoms. The zero-order chi connectivity index (χ0) is 41.5. The highest BCUT2D eigenvalue weighted by Crippen LogP contribution is 2.13. The highest BCUT2D eigenvalue weighted by Gasteiger charge is 2.19. The van der Waals surface area contributed by atoms with Crippen LogP contribution in [0.1, 0.15) is 213 Å². The molecule has 0 aromatic carbocycles. The summed E-state index contributed by atoms with van der Waals surface area (Å²) in [5.41, 5.74) is 0. The third-order valence-electron chi connectivity index (χ3n) is 9.70. The third kappa shape index (κ3) is 43.8. The number of allylic oxidation sites excluding steroid dienone is 12. The molecule has 0 aromatic rings. The first kappa shape index (κ1) is 53.9. The molecular weight excluding hydrogens is 709 g/mol. The Morgan fingerprint density at radius 1 is 0.368 bits per heavy atom. The molecule has 0 heterocycles. The molecule has 6 nitrogen and oxygen atoms in total. The maximum Gasteiger partial charge on any atom is 0.306 e. The van der Waals surface area contributed by atoms with Gasteiger partial charge in [0.1, 0.15) is 13.2 Å². The second-order valence-electron chi connectivity index (χ2n) is 15.3. The Labute approximate surface area is 351 Å². The lowest BCUT2D eigenvalue weighted by Crippen LogP contribution is -2.30. The van der Waals surface area contributed by atoms with Crippen molar-refractivity contribution in [1.82, 2.24) is 0 Å². The molecule has 57 heavy (non-hydrogen) atoms. The molecule has 0 fully saturated rings. The van der Waals surface area contributed by atoms with Crippen LogP contribution in [-0.4, -0.2) is 37.2 Å². The SMILES string of the molecule is CC/C=C\C/C=C\C/C=C\C/C=C\C/C=C\CCCCCC(=O)OC[C@@H](COC(=O)CCCCCCCCCCC)OC(=O)CCCCCCC/C=C\CCCC. The fraction of sp³-hybridized carbons (Fsp3) is 0.706. The molecule has 0 amide bonds. The summed E-state index contributed by atoms with van der Waals surface area (Å²) < 4.78 is 16.7. The maximum absolute atomic E-state index is 12.7. The first-order valence-corrected chi connectivity index (χ1v) is 23.4. The summed E-state index contributed by atoms with van der Waals surface area (Å²) in [5, 5.41) is 0. The molecule has 0 saturated heterocycles. The topological polar surface area (TPSA) is 78.9 Å². The standard InChI is InChI=1S/C51H86O6/c1-4-7-10-13-16-19-21-22-23-24-25-26-27-28-30-32-35-38-41-44-50(53)56-47-48(46-55-49(52)43-40-37-34-31-18-15-12-9-6-3)57-51(54)45-42-39-36-33-29-20-17-14-11-8-5-2/h7,10,14,16-17,19,22-23,25-26,28,30,48H,4-6,8-9,11-13,15,18,20-21,24,27,29,31-47H2,1-3H3/b10-7-,17-14-,19-16-,23-22-,26-25-,30-28-/t48-/m1/s1.